The Morgan fingerprint density at radius 1 is 1.29 bits per heavy atom. The predicted molar refractivity (Wildman–Crippen MR) is 54.0 cm³/mol. The molecule has 1 aliphatic heterocycles. The van der Waals surface area contributed by atoms with Crippen LogP contribution in [0.2, 0.25) is 0 Å². The molecule has 4 nitrogen and oxygen atoms in total. The zero-order valence-electron chi connectivity index (χ0n) is 8.78. The predicted octanol–water partition coefficient (Wildman–Crippen LogP) is 2.48. The first-order valence-corrected chi connectivity index (χ1v) is 5.04. The summed E-state index contributed by atoms with van der Waals surface area (Å²) in [7, 11) is 0. The van der Waals surface area contributed by atoms with E-state index in [0.29, 0.717) is 19.6 Å². The smallest absolute Gasteiger partial charge is 0.339 e. The van der Waals surface area contributed by atoms with Crippen LogP contribution in [0.25, 0.3) is 0 Å². The van der Waals surface area contributed by atoms with Gasteiger partial charge in [0.2, 0.25) is 0 Å². The van der Waals surface area contributed by atoms with Gasteiger partial charge in [-0.2, -0.15) is 0 Å². The number of carboxylic acids is 1. The lowest BCUT2D eigenvalue weighted by molar-refractivity contribution is 0.0691. The second-order valence-corrected chi connectivity index (χ2v) is 3.55. The fourth-order valence-electron chi connectivity index (χ4n) is 1.58. The van der Waals surface area contributed by atoms with E-state index in [-0.39, 0.29) is 22.6 Å². The number of carboxylic acid groups (broad SMARTS) is 1. The fourth-order valence-corrected chi connectivity index (χ4v) is 1.58. The quantitative estimate of drug-likeness (QED) is 0.868. The summed E-state index contributed by atoms with van der Waals surface area (Å²) in [6.07, 6.45) is -2.16. The van der Waals surface area contributed by atoms with E-state index >= 15 is 0 Å². The highest BCUT2D eigenvalue weighted by molar-refractivity contribution is 5.92. The van der Waals surface area contributed by atoms with Gasteiger partial charge in [-0.3, -0.25) is 0 Å². The summed E-state index contributed by atoms with van der Waals surface area (Å²) >= 11 is 0. The number of halogens is 2. The maximum Gasteiger partial charge on any atom is 0.339 e. The average Bonchev–Trinajstić information content (AvgIpc) is 2.51. The zero-order valence-corrected chi connectivity index (χ0v) is 8.78. The largest absolute Gasteiger partial charge is 0.490 e. The zero-order chi connectivity index (χ0) is 12.4. The van der Waals surface area contributed by atoms with Crippen LogP contribution in [0.1, 0.15) is 28.8 Å². The third kappa shape index (κ3) is 2.30. The first-order valence-electron chi connectivity index (χ1n) is 5.04. The van der Waals surface area contributed by atoms with Crippen molar-refractivity contribution in [1.29, 1.82) is 0 Å². The van der Waals surface area contributed by atoms with Gasteiger partial charge in [-0.15, -0.1) is 0 Å². The molecule has 0 spiro atoms. The van der Waals surface area contributed by atoms with Crippen molar-refractivity contribution in [2.24, 2.45) is 0 Å². The number of fused-ring (bicyclic) bond motifs is 1. The number of alkyl halides is 2. The summed E-state index contributed by atoms with van der Waals surface area (Å²) in [6, 6.07) is 2.04. The molecule has 2 rings (SSSR count). The molecule has 0 bridgehead atoms. The Balaban J connectivity index is 2.55. The molecule has 1 aromatic rings. The molecule has 1 aromatic carbocycles. The molecule has 0 saturated carbocycles. The van der Waals surface area contributed by atoms with E-state index in [1.54, 1.807) is 0 Å². The molecule has 92 valence electrons. The molecule has 0 fully saturated rings. The molecule has 0 aromatic heterocycles. The van der Waals surface area contributed by atoms with Crippen molar-refractivity contribution in [1.82, 2.24) is 0 Å². The number of benzene rings is 1. The topological polar surface area (TPSA) is 55.8 Å². The number of hydrogen-bond acceptors (Lipinski definition) is 3. The van der Waals surface area contributed by atoms with Gasteiger partial charge in [0.1, 0.15) is 5.56 Å². The van der Waals surface area contributed by atoms with Gasteiger partial charge < -0.3 is 14.6 Å². The molecular weight excluding hydrogens is 234 g/mol. The minimum atomic E-state index is -2.75. The van der Waals surface area contributed by atoms with Crippen LogP contribution in [0.15, 0.2) is 12.1 Å². The van der Waals surface area contributed by atoms with Gasteiger partial charge in [0, 0.05) is 12.0 Å². The molecule has 0 radical (unpaired) electrons. The second kappa shape index (κ2) is 4.57. The lowest BCUT2D eigenvalue weighted by Crippen LogP contribution is -2.04. The van der Waals surface area contributed by atoms with Crippen LogP contribution in [-0.2, 0) is 0 Å². The van der Waals surface area contributed by atoms with Crippen molar-refractivity contribution >= 4 is 5.97 Å². The molecule has 0 aliphatic carbocycles. The van der Waals surface area contributed by atoms with Crippen LogP contribution in [0.3, 0.4) is 0 Å². The van der Waals surface area contributed by atoms with Gasteiger partial charge in [0.15, 0.2) is 11.5 Å². The Labute approximate surface area is 95.8 Å². The van der Waals surface area contributed by atoms with Gasteiger partial charge in [-0.25, -0.2) is 13.6 Å². The molecule has 1 heterocycles. The van der Waals surface area contributed by atoms with Crippen LogP contribution in [-0.4, -0.2) is 24.3 Å². The number of aromatic carboxylic acids is 1. The first-order chi connectivity index (χ1) is 8.09. The van der Waals surface area contributed by atoms with Crippen molar-refractivity contribution in [3.63, 3.8) is 0 Å². The summed E-state index contributed by atoms with van der Waals surface area (Å²) in [4.78, 5) is 11.0. The maximum absolute atomic E-state index is 12.6. The van der Waals surface area contributed by atoms with E-state index in [1.165, 1.54) is 0 Å². The monoisotopic (exact) mass is 244 g/mol. The first kappa shape index (κ1) is 11.6. The number of hydrogen-bond donors (Lipinski definition) is 1. The summed E-state index contributed by atoms with van der Waals surface area (Å²) in [5.41, 5.74) is -0.675. The van der Waals surface area contributed by atoms with Crippen LogP contribution in [0.4, 0.5) is 8.78 Å². The van der Waals surface area contributed by atoms with E-state index < -0.39 is 12.4 Å². The molecule has 0 amide bonds. The van der Waals surface area contributed by atoms with Crippen LogP contribution < -0.4 is 9.47 Å². The van der Waals surface area contributed by atoms with Gasteiger partial charge in [-0.1, -0.05) is 0 Å². The van der Waals surface area contributed by atoms with Crippen molar-refractivity contribution in [2.75, 3.05) is 13.2 Å². The Kier molecular flexibility index (Phi) is 3.12. The molecule has 1 aliphatic rings. The van der Waals surface area contributed by atoms with Crippen molar-refractivity contribution in [2.45, 2.75) is 12.8 Å². The van der Waals surface area contributed by atoms with Crippen LogP contribution in [0.5, 0.6) is 11.5 Å². The molecule has 0 unspecified atom stereocenters. The molecule has 1 N–H and O–H groups in total. The number of carbonyl (C=O) groups is 1. The van der Waals surface area contributed by atoms with E-state index in [4.69, 9.17) is 14.6 Å². The maximum atomic E-state index is 12.6. The third-order valence-corrected chi connectivity index (χ3v) is 2.35. The van der Waals surface area contributed by atoms with Crippen molar-refractivity contribution in [3.8, 4) is 11.5 Å². The minimum Gasteiger partial charge on any atom is -0.490 e. The molecule has 0 atom stereocenters. The van der Waals surface area contributed by atoms with Gasteiger partial charge in [0.25, 0.3) is 6.43 Å². The Bertz CT molecular complexity index is 445. The lowest BCUT2D eigenvalue weighted by Gasteiger charge is -2.12. The van der Waals surface area contributed by atoms with Crippen LogP contribution in [0, 0.1) is 0 Å². The van der Waals surface area contributed by atoms with Gasteiger partial charge in [0.05, 0.1) is 13.2 Å². The Morgan fingerprint density at radius 2 is 2.00 bits per heavy atom. The van der Waals surface area contributed by atoms with E-state index in [0.717, 1.165) is 12.1 Å². The highest BCUT2D eigenvalue weighted by atomic mass is 19.3. The fraction of sp³-hybridized carbons (Fsp3) is 0.364. The van der Waals surface area contributed by atoms with Gasteiger partial charge >= 0.3 is 5.97 Å². The summed E-state index contributed by atoms with van der Waals surface area (Å²) < 4.78 is 35.6. The SMILES string of the molecule is O=C(O)c1cc(C(F)F)cc2c1OCCCO2. The van der Waals surface area contributed by atoms with E-state index in [1.807, 2.05) is 0 Å². The normalized spacial score (nSPS) is 14.5. The van der Waals surface area contributed by atoms with Crippen LogP contribution >= 0.6 is 0 Å². The Hall–Kier alpha value is -1.85. The lowest BCUT2D eigenvalue weighted by atomic mass is 10.1. The van der Waals surface area contributed by atoms with Crippen molar-refractivity contribution < 1.29 is 28.2 Å². The Morgan fingerprint density at radius 3 is 2.65 bits per heavy atom. The highest BCUT2D eigenvalue weighted by Crippen LogP contribution is 2.37. The summed E-state index contributed by atoms with van der Waals surface area (Å²) in [5, 5.41) is 8.96. The standard InChI is InChI=1S/C11H10F2O4/c12-10(13)6-4-7(11(14)15)9-8(5-6)16-2-1-3-17-9/h4-5,10H,1-3H2,(H,14,15). The van der Waals surface area contributed by atoms with Crippen molar-refractivity contribution in [3.05, 3.63) is 23.3 Å². The summed E-state index contributed by atoms with van der Waals surface area (Å²) in [6.45, 7) is 0.625. The number of ether oxygens (including phenoxy) is 2. The summed E-state index contributed by atoms with van der Waals surface area (Å²) in [5.74, 6) is -1.22. The molecular formula is C11H10F2O4. The third-order valence-electron chi connectivity index (χ3n) is 2.35. The van der Waals surface area contributed by atoms with E-state index in [9.17, 15) is 13.6 Å². The second-order valence-electron chi connectivity index (χ2n) is 3.55. The van der Waals surface area contributed by atoms with E-state index in [2.05, 4.69) is 0 Å². The molecule has 6 heteroatoms. The minimum absolute atomic E-state index is 0.0272. The molecule has 17 heavy (non-hydrogen) atoms. The number of rotatable bonds is 2. The van der Waals surface area contributed by atoms with Gasteiger partial charge in [-0.05, 0) is 12.1 Å². The average molecular weight is 244 g/mol. The highest BCUT2D eigenvalue weighted by Gasteiger charge is 2.23. The molecule has 0 saturated heterocycles.